The highest BCUT2D eigenvalue weighted by atomic mass is 32.2. The number of nitrogen functional groups attached to an aromatic ring is 1. The fourth-order valence-electron chi connectivity index (χ4n) is 1.45. The number of anilines is 1. The molecule has 0 amide bonds. The second kappa shape index (κ2) is 4.75. The molecule has 0 atom stereocenters. The van der Waals surface area contributed by atoms with Crippen LogP contribution in [0.2, 0.25) is 0 Å². The monoisotopic (exact) mass is 272 g/mol. The smallest absolute Gasteiger partial charge is 0.242 e. The van der Waals surface area contributed by atoms with E-state index >= 15 is 0 Å². The molecule has 1 saturated heterocycles. The molecule has 1 heterocycles. The summed E-state index contributed by atoms with van der Waals surface area (Å²) in [5.41, 5.74) is 6.18. The zero-order valence-electron chi connectivity index (χ0n) is 10.3. The van der Waals surface area contributed by atoms with Gasteiger partial charge in [-0.2, -0.15) is 0 Å². The molecule has 2 N–H and O–H groups in total. The van der Waals surface area contributed by atoms with Crippen molar-refractivity contribution in [2.45, 2.75) is 11.0 Å². The molecule has 0 aromatic heterocycles. The predicted octanol–water partition coefficient (Wildman–Crippen LogP) is 0.297. The highest BCUT2D eigenvalue weighted by Gasteiger charge is 2.23. The van der Waals surface area contributed by atoms with Crippen molar-refractivity contribution in [1.29, 1.82) is 0 Å². The zero-order valence-corrected chi connectivity index (χ0v) is 11.1. The Morgan fingerprint density at radius 2 is 2.06 bits per heavy atom. The number of rotatable bonds is 4. The van der Waals surface area contributed by atoms with Gasteiger partial charge in [0, 0.05) is 20.2 Å². The first-order chi connectivity index (χ1) is 8.41. The van der Waals surface area contributed by atoms with Crippen LogP contribution < -0.4 is 10.5 Å². The van der Waals surface area contributed by atoms with Crippen molar-refractivity contribution in [3.05, 3.63) is 18.2 Å². The van der Waals surface area contributed by atoms with Gasteiger partial charge in [0.2, 0.25) is 10.0 Å². The minimum absolute atomic E-state index is 0.0513. The quantitative estimate of drug-likeness (QED) is 0.797. The second-order valence-electron chi connectivity index (χ2n) is 4.26. The Morgan fingerprint density at radius 3 is 2.56 bits per heavy atom. The molecule has 7 heteroatoms. The lowest BCUT2D eigenvalue weighted by Crippen LogP contribution is -2.38. The Balaban J connectivity index is 2.31. The molecular weight excluding hydrogens is 256 g/mol. The summed E-state index contributed by atoms with van der Waals surface area (Å²) in [6, 6.07) is 4.45. The molecular formula is C11H16N2O4S. The van der Waals surface area contributed by atoms with Crippen molar-refractivity contribution in [3.63, 3.8) is 0 Å². The average Bonchev–Trinajstić information content (AvgIpc) is 2.25. The highest BCUT2D eigenvalue weighted by molar-refractivity contribution is 7.89. The van der Waals surface area contributed by atoms with Gasteiger partial charge >= 0.3 is 0 Å². The first-order valence-electron chi connectivity index (χ1n) is 5.47. The number of sulfonamides is 1. The summed E-state index contributed by atoms with van der Waals surface area (Å²) >= 11 is 0. The molecule has 18 heavy (non-hydrogen) atoms. The van der Waals surface area contributed by atoms with E-state index in [1.807, 2.05) is 0 Å². The van der Waals surface area contributed by atoms with Gasteiger partial charge in [0.05, 0.1) is 23.8 Å². The third kappa shape index (κ3) is 2.43. The molecule has 100 valence electrons. The molecule has 0 spiro atoms. The van der Waals surface area contributed by atoms with Gasteiger partial charge in [-0.15, -0.1) is 0 Å². The molecule has 1 aliphatic rings. The predicted molar refractivity (Wildman–Crippen MR) is 67.0 cm³/mol. The van der Waals surface area contributed by atoms with E-state index in [4.69, 9.17) is 15.2 Å². The summed E-state index contributed by atoms with van der Waals surface area (Å²) in [5, 5.41) is 0. The van der Waals surface area contributed by atoms with Crippen molar-refractivity contribution in [3.8, 4) is 5.75 Å². The maximum absolute atomic E-state index is 12.0. The average molecular weight is 272 g/mol. The van der Waals surface area contributed by atoms with E-state index in [1.165, 1.54) is 32.3 Å². The van der Waals surface area contributed by atoms with Crippen molar-refractivity contribution in [1.82, 2.24) is 4.31 Å². The Hall–Kier alpha value is -1.31. The molecule has 0 bridgehead atoms. The topological polar surface area (TPSA) is 81.9 Å². The summed E-state index contributed by atoms with van der Waals surface area (Å²) in [5.74, 6) is 0.381. The van der Waals surface area contributed by atoms with E-state index in [-0.39, 0.29) is 11.0 Å². The largest absolute Gasteiger partial charge is 0.483 e. The lowest BCUT2D eigenvalue weighted by Gasteiger charge is -2.27. The van der Waals surface area contributed by atoms with Crippen molar-refractivity contribution < 1.29 is 17.9 Å². The number of nitrogens with two attached hydrogens (primary N) is 1. The van der Waals surface area contributed by atoms with E-state index in [9.17, 15) is 8.42 Å². The van der Waals surface area contributed by atoms with Gasteiger partial charge in [0.1, 0.15) is 11.9 Å². The van der Waals surface area contributed by atoms with Crippen LogP contribution in [0.3, 0.4) is 0 Å². The Morgan fingerprint density at radius 1 is 1.39 bits per heavy atom. The summed E-state index contributed by atoms with van der Waals surface area (Å²) in [6.07, 6.45) is -0.0513. The molecule has 1 aromatic rings. The Kier molecular flexibility index (Phi) is 3.47. The normalized spacial score (nSPS) is 16.6. The van der Waals surface area contributed by atoms with Crippen molar-refractivity contribution >= 4 is 15.7 Å². The zero-order chi connectivity index (χ0) is 13.3. The lowest BCUT2D eigenvalue weighted by atomic mass is 10.2. The Labute approximate surface area is 106 Å². The fraction of sp³-hybridized carbons (Fsp3) is 0.455. The van der Waals surface area contributed by atoms with Crippen LogP contribution in [-0.4, -0.2) is 46.1 Å². The molecule has 2 rings (SSSR count). The molecule has 1 fully saturated rings. The number of nitrogens with zero attached hydrogens (tertiary/aromatic N) is 1. The fourth-order valence-corrected chi connectivity index (χ4v) is 2.37. The second-order valence-corrected chi connectivity index (χ2v) is 6.42. The van der Waals surface area contributed by atoms with Crippen LogP contribution in [0.25, 0.3) is 0 Å². The van der Waals surface area contributed by atoms with Gasteiger partial charge in [-0.25, -0.2) is 12.7 Å². The van der Waals surface area contributed by atoms with E-state index < -0.39 is 10.0 Å². The molecule has 0 aliphatic carbocycles. The van der Waals surface area contributed by atoms with Gasteiger partial charge in [-0.05, 0) is 12.1 Å². The minimum atomic E-state index is -3.47. The molecule has 0 radical (unpaired) electrons. The molecule has 0 unspecified atom stereocenters. The van der Waals surface area contributed by atoms with Crippen molar-refractivity contribution in [2.24, 2.45) is 0 Å². The van der Waals surface area contributed by atoms with Crippen LogP contribution in [-0.2, 0) is 14.8 Å². The number of hydrogen-bond donors (Lipinski definition) is 1. The number of benzene rings is 1. The van der Waals surface area contributed by atoms with Gasteiger partial charge < -0.3 is 15.2 Å². The van der Waals surface area contributed by atoms with E-state index in [2.05, 4.69) is 0 Å². The van der Waals surface area contributed by atoms with E-state index in [0.29, 0.717) is 24.7 Å². The first-order valence-corrected chi connectivity index (χ1v) is 6.91. The van der Waals surface area contributed by atoms with Gasteiger partial charge in [0.15, 0.2) is 0 Å². The van der Waals surface area contributed by atoms with Crippen LogP contribution in [0, 0.1) is 0 Å². The van der Waals surface area contributed by atoms with E-state index in [0.717, 1.165) is 4.31 Å². The summed E-state index contributed by atoms with van der Waals surface area (Å²) < 4.78 is 35.6. The van der Waals surface area contributed by atoms with Crippen LogP contribution in [0.1, 0.15) is 0 Å². The molecule has 0 saturated carbocycles. The van der Waals surface area contributed by atoms with Gasteiger partial charge in [-0.1, -0.05) is 0 Å². The van der Waals surface area contributed by atoms with Crippen LogP contribution in [0.15, 0.2) is 23.1 Å². The first kappa shape index (κ1) is 13.1. The van der Waals surface area contributed by atoms with Crippen molar-refractivity contribution in [2.75, 3.05) is 33.0 Å². The number of hydrogen-bond acceptors (Lipinski definition) is 5. The molecule has 1 aliphatic heterocycles. The standard InChI is InChI=1S/C11H16N2O4S/c1-13(2)18(14,15)9-3-4-10(12)11(5-9)17-8-6-16-7-8/h3-5,8H,6-7,12H2,1-2H3. The SMILES string of the molecule is CN(C)S(=O)(=O)c1ccc(N)c(OC2COC2)c1. The molecule has 6 nitrogen and oxygen atoms in total. The summed E-state index contributed by atoms with van der Waals surface area (Å²) in [6.45, 7) is 1.01. The summed E-state index contributed by atoms with van der Waals surface area (Å²) in [7, 11) is -0.518. The van der Waals surface area contributed by atoms with Crippen LogP contribution in [0.4, 0.5) is 5.69 Å². The Bertz CT molecular complexity index is 538. The van der Waals surface area contributed by atoms with Gasteiger partial charge in [-0.3, -0.25) is 0 Å². The molecule has 1 aromatic carbocycles. The highest BCUT2D eigenvalue weighted by Crippen LogP contribution is 2.28. The van der Waals surface area contributed by atoms with E-state index in [1.54, 1.807) is 0 Å². The minimum Gasteiger partial charge on any atom is -0.483 e. The van der Waals surface area contributed by atoms with Crippen LogP contribution in [0.5, 0.6) is 5.75 Å². The van der Waals surface area contributed by atoms with Gasteiger partial charge in [0.25, 0.3) is 0 Å². The third-order valence-corrected chi connectivity index (χ3v) is 4.48. The lowest BCUT2D eigenvalue weighted by molar-refractivity contribution is -0.0794. The maximum Gasteiger partial charge on any atom is 0.242 e. The maximum atomic E-state index is 12.0. The number of ether oxygens (including phenoxy) is 2. The summed E-state index contributed by atoms with van der Waals surface area (Å²) in [4.78, 5) is 0.164. The third-order valence-electron chi connectivity index (χ3n) is 2.66. The van der Waals surface area contributed by atoms with Crippen LogP contribution >= 0.6 is 0 Å².